The number of nitrogens with one attached hydrogen (secondary N) is 1. The summed E-state index contributed by atoms with van der Waals surface area (Å²) in [5, 5.41) is 8.48. The Labute approximate surface area is 125 Å². The summed E-state index contributed by atoms with van der Waals surface area (Å²) in [7, 11) is 0. The van der Waals surface area contributed by atoms with E-state index in [0.717, 1.165) is 11.3 Å². The van der Waals surface area contributed by atoms with E-state index >= 15 is 0 Å². The van der Waals surface area contributed by atoms with E-state index in [0.29, 0.717) is 11.4 Å². The number of benzene rings is 2. The first-order chi connectivity index (χ1) is 10.3. The summed E-state index contributed by atoms with van der Waals surface area (Å²) >= 11 is 1.27. The van der Waals surface area contributed by atoms with Gasteiger partial charge in [-0.2, -0.15) is 0 Å². The second-order valence-electron chi connectivity index (χ2n) is 4.20. The first kappa shape index (κ1) is 13.3. The van der Waals surface area contributed by atoms with Crippen molar-refractivity contribution in [2.45, 2.75) is 0 Å². The molecule has 0 radical (unpaired) electrons. The van der Waals surface area contributed by atoms with Crippen molar-refractivity contribution < 1.29 is 9.53 Å². The van der Waals surface area contributed by atoms with Crippen molar-refractivity contribution >= 4 is 23.3 Å². The molecule has 0 saturated heterocycles. The second kappa shape index (κ2) is 6.15. The summed E-state index contributed by atoms with van der Waals surface area (Å²) < 4.78 is 9.08. The molecule has 6 heteroatoms. The van der Waals surface area contributed by atoms with E-state index < -0.39 is 6.09 Å². The van der Waals surface area contributed by atoms with Gasteiger partial charge in [-0.05, 0) is 35.8 Å². The Hall–Kier alpha value is -2.73. The lowest BCUT2D eigenvalue weighted by molar-refractivity contribution is 0.215. The Morgan fingerprint density at radius 1 is 1.10 bits per heavy atom. The molecule has 0 fully saturated rings. The van der Waals surface area contributed by atoms with Crippen molar-refractivity contribution in [3.63, 3.8) is 0 Å². The SMILES string of the molecule is O=C(Nc1ccccc1)Oc1cccc(-c2csnn2)c1. The average molecular weight is 297 g/mol. The van der Waals surface area contributed by atoms with Gasteiger partial charge in [-0.1, -0.05) is 34.8 Å². The molecule has 0 aliphatic rings. The van der Waals surface area contributed by atoms with E-state index in [2.05, 4.69) is 14.9 Å². The van der Waals surface area contributed by atoms with E-state index in [1.54, 1.807) is 30.3 Å². The van der Waals surface area contributed by atoms with Gasteiger partial charge in [0.1, 0.15) is 11.4 Å². The van der Waals surface area contributed by atoms with Gasteiger partial charge >= 0.3 is 6.09 Å². The van der Waals surface area contributed by atoms with Crippen molar-refractivity contribution in [2.24, 2.45) is 0 Å². The van der Waals surface area contributed by atoms with Gasteiger partial charge in [0.15, 0.2) is 0 Å². The zero-order chi connectivity index (χ0) is 14.5. The Kier molecular flexibility index (Phi) is 3.88. The minimum absolute atomic E-state index is 0.453. The molecule has 1 aromatic heterocycles. The van der Waals surface area contributed by atoms with Crippen LogP contribution in [0.15, 0.2) is 60.0 Å². The smallest absolute Gasteiger partial charge is 0.410 e. The lowest BCUT2D eigenvalue weighted by atomic mass is 10.2. The van der Waals surface area contributed by atoms with Crippen LogP contribution in [0.25, 0.3) is 11.3 Å². The maximum Gasteiger partial charge on any atom is 0.417 e. The third kappa shape index (κ3) is 3.43. The van der Waals surface area contributed by atoms with Gasteiger partial charge in [0, 0.05) is 16.6 Å². The van der Waals surface area contributed by atoms with Gasteiger partial charge in [0.05, 0.1) is 0 Å². The van der Waals surface area contributed by atoms with E-state index in [9.17, 15) is 4.79 Å². The molecule has 104 valence electrons. The number of ether oxygens (including phenoxy) is 1. The fraction of sp³-hybridized carbons (Fsp3) is 0. The molecule has 0 saturated carbocycles. The molecule has 1 heterocycles. The lowest BCUT2D eigenvalue weighted by Gasteiger charge is -2.07. The number of aromatic nitrogens is 2. The molecule has 0 aliphatic heterocycles. The quantitative estimate of drug-likeness (QED) is 0.798. The predicted octanol–water partition coefficient (Wildman–Crippen LogP) is 3.82. The van der Waals surface area contributed by atoms with E-state index in [1.807, 2.05) is 29.6 Å². The molecule has 21 heavy (non-hydrogen) atoms. The van der Waals surface area contributed by atoms with Crippen LogP contribution in [0.4, 0.5) is 10.5 Å². The van der Waals surface area contributed by atoms with Crippen molar-refractivity contribution in [1.82, 2.24) is 9.59 Å². The summed E-state index contributed by atoms with van der Waals surface area (Å²) in [6.45, 7) is 0. The van der Waals surface area contributed by atoms with Crippen LogP contribution >= 0.6 is 11.5 Å². The first-order valence-corrected chi connectivity index (χ1v) is 7.06. The molecule has 2 aromatic carbocycles. The molecule has 3 rings (SSSR count). The largest absolute Gasteiger partial charge is 0.417 e. The standard InChI is InChI=1S/C15H11N3O2S/c19-15(16-12-6-2-1-3-7-12)20-13-8-4-5-11(9-13)14-10-21-18-17-14/h1-10H,(H,16,19). The van der Waals surface area contributed by atoms with Crippen molar-refractivity contribution in [3.8, 4) is 17.0 Å². The van der Waals surface area contributed by atoms with E-state index in [1.165, 1.54) is 11.5 Å². The van der Waals surface area contributed by atoms with Crippen LogP contribution in [-0.2, 0) is 0 Å². The average Bonchev–Trinajstić information content (AvgIpc) is 3.02. The molecule has 1 amide bonds. The Morgan fingerprint density at radius 3 is 2.71 bits per heavy atom. The maximum atomic E-state index is 11.8. The van der Waals surface area contributed by atoms with Crippen LogP contribution in [0.2, 0.25) is 0 Å². The fourth-order valence-corrected chi connectivity index (χ4v) is 2.25. The summed E-state index contributed by atoms with van der Waals surface area (Å²) in [6, 6.07) is 16.3. The first-order valence-electron chi connectivity index (χ1n) is 6.22. The summed E-state index contributed by atoms with van der Waals surface area (Å²) in [5.41, 5.74) is 2.30. The van der Waals surface area contributed by atoms with Crippen LogP contribution < -0.4 is 10.1 Å². The van der Waals surface area contributed by atoms with E-state index in [-0.39, 0.29) is 0 Å². The van der Waals surface area contributed by atoms with Gasteiger partial charge in [0.25, 0.3) is 0 Å². The van der Waals surface area contributed by atoms with E-state index in [4.69, 9.17) is 4.74 Å². The highest BCUT2D eigenvalue weighted by atomic mass is 32.1. The number of hydrogen-bond acceptors (Lipinski definition) is 5. The molecule has 1 N–H and O–H groups in total. The molecule has 0 atom stereocenters. The number of carbonyl (C=O) groups is 1. The summed E-state index contributed by atoms with van der Waals surface area (Å²) in [5.74, 6) is 0.453. The third-order valence-electron chi connectivity index (χ3n) is 2.72. The fourth-order valence-electron chi connectivity index (χ4n) is 1.78. The Balaban J connectivity index is 1.70. The lowest BCUT2D eigenvalue weighted by Crippen LogP contribution is -2.16. The topological polar surface area (TPSA) is 64.1 Å². The number of para-hydroxylation sites is 1. The van der Waals surface area contributed by atoms with Gasteiger partial charge in [-0.15, -0.1) is 5.10 Å². The van der Waals surface area contributed by atoms with Crippen molar-refractivity contribution in [3.05, 3.63) is 60.0 Å². The highest BCUT2D eigenvalue weighted by Gasteiger charge is 2.07. The van der Waals surface area contributed by atoms with Crippen molar-refractivity contribution in [1.29, 1.82) is 0 Å². The molecular formula is C15H11N3O2S. The minimum atomic E-state index is -0.533. The van der Waals surface area contributed by atoms with Gasteiger partial charge in [-0.25, -0.2) is 4.79 Å². The molecule has 0 aliphatic carbocycles. The molecule has 0 unspecified atom stereocenters. The Bertz CT molecular complexity index is 730. The maximum absolute atomic E-state index is 11.8. The van der Waals surface area contributed by atoms with Crippen LogP contribution in [0.1, 0.15) is 0 Å². The van der Waals surface area contributed by atoms with Crippen LogP contribution in [-0.4, -0.2) is 15.7 Å². The normalized spacial score (nSPS) is 10.1. The van der Waals surface area contributed by atoms with Crippen LogP contribution in [0.5, 0.6) is 5.75 Å². The molecule has 0 bridgehead atoms. The summed E-state index contributed by atoms with van der Waals surface area (Å²) in [4.78, 5) is 11.8. The number of nitrogens with zero attached hydrogens (tertiary/aromatic N) is 2. The minimum Gasteiger partial charge on any atom is -0.410 e. The molecule has 0 spiro atoms. The van der Waals surface area contributed by atoms with Gasteiger partial charge < -0.3 is 4.74 Å². The van der Waals surface area contributed by atoms with Gasteiger partial charge in [0.2, 0.25) is 0 Å². The number of hydrogen-bond donors (Lipinski definition) is 1. The van der Waals surface area contributed by atoms with Crippen molar-refractivity contribution in [2.75, 3.05) is 5.32 Å². The zero-order valence-corrected chi connectivity index (χ0v) is 11.7. The van der Waals surface area contributed by atoms with Crippen LogP contribution in [0.3, 0.4) is 0 Å². The predicted molar refractivity (Wildman–Crippen MR) is 81.4 cm³/mol. The number of carbonyl (C=O) groups excluding carboxylic acids is 1. The highest BCUT2D eigenvalue weighted by molar-refractivity contribution is 7.03. The second-order valence-corrected chi connectivity index (χ2v) is 4.81. The molecular weight excluding hydrogens is 286 g/mol. The zero-order valence-electron chi connectivity index (χ0n) is 10.9. The monoisotopic (exact) mass is 297 g/mol. The highest BCUT2D eigenvalue weighted by Crippen LogP contribution is 2.23. The Morgan fingerprint density at radius 2 is 1.95 bits per heavy atom. The number of anilines is 1. The van der Waals surface area contributed by atoms with Gasteiger partial charge in [-0.3, -0.25) is 5.32 Å². The molecule has 5 nitrogen and oxygen atoms in total. The third-order valence-corrected chi connectivity index (χ3v) is 3.23. The molecule has 3 aromatic rings. The number of rotatable bonds is 3. The summed E-state index contributed by atoms with van der Waals surface area (Å²) in [6.07, 6.45) is -0.533. The van der Waals surface area contributed by atoms with Crippen LogP contribution in [0, 0.1) is 0 Å². The number of amides is 1.